The quantitative estimate of drug-likeness (QED) is 0.737. The molecule has 1 aromatic carbocycles. The normalized spacial score (nSPS) is 10.7. The maximum absolute atomic E-state index is 5.37. The Bertz CT molecular complexity index is 840. The molecule has 6 nitrogen and oxygen atoms in total. The van der Waals surface area contributed by atoms with E-state index in [1.165, 1.54) is 0 Å². The Hall–Kier alpha value is -2.28. The molecule has 23 heavy (non-hydrogen) atoms. The van der Waals surface area contributed by atoms with Crippen LogP contribution in [0.5, 0.6) is 6.01 Å². The number of aromatic nitrogens is 4. The monoisotopic (exact) mass is 373 g/mol. The highest BCUT2D eigenvalue weighted by Crippen LogP contribution is 2.21. The van der Waals surface area contributed by atoms with E-state index in [1.807, 2.05) is 26.0 Å². The number of nitrogens with one attached hydrogen (secondary N) is 1. The summed E-state index contributed by atoms with van der Waals surface area (Å²) < 4.78 is 6.41. The molecule has 0 saturated heterocycles. The molecular weight excluding hydrogens is 358 g/mol. The summed E-state index contributed by atoms with van der Waals surface area (Å²) in [5, 5.41) is 3.32. The molecule has 0 bridgehead atoms. The molecule has 0 saturated carbocycles. The summed E-state index contributed by atoms with van der Waals surface area (Å²) in [7, 11) is 0. The number of ether oxygens (including phenoxy) is 1. The zero-order valence-corrected chi connectivity index (χ0v) is 14.5. The number of nitrogens with zero attached hydrogens (tertiary/aromatic N) is 4. The molecule has 7 heteroatoms. The molecule has 118 valence electrons. The van der Waals surface area contributed by atoms with Gasteiger partial charge in [-0.25, -0.2) is 15.0 Å². The summed E-state index contributed by atoms with van der Waals surface area (Å²) in [6, 6.07) is 8.44. The Morgan fingerprint density at radius 1 is 1.22 bits per heavy atom. The second-order valence-corrected chi connectivity index (χ2v) is 5.84. The maximum atomic E-state index is 5.37. The minimum Gasteiger partial charge on any atom is -0.464 e. The molecule has 2 heterocycles. The number of anilines is 1. The number of hydrogen-bond donors (Lipinski definition) is 1. The van der Waals surface area contributed by atoms with Gasteiger partial charge >= 0.3 is 6.01 Å². The first kappa shape index (κ1) is 15.6. The zero-order valence-electron chi connectivity index (χ0n) is 12.9. The average molecular weight is 374 g/mol. The van der Waals surface area contributed by atoms with Crippen molar-refractivity contribution < 1.29 is 4.74 Å². The third kappa shape index (κ3) is 3.73. The van der Waals surface area contributed by atoms with Crippen LogP contribution in [0.1, 0.15) is 18.3 Å². The Morgan fingerprint density at radius 2 is 2.09 bits per heavy atom. The second kappa shape index (κ2) is 6.87. The first-order valence-corrected chi connectivity index (χ1v) is 8.07. The van der Waals surface area contributed by atoms with Gasteiger partial charge in [-0.2, -0.15) is 4.98 Å². The van der Waals surface area contributed by atoms with Gasteiger partial charge in [-0.15, -0.1) is 0 Å². The first-order chi connectivity index (χ1) is 11.2. The van der Waals surface area contributed by atoms with E-state index < -0.39 is 0 Å². The van der Waals surface area contributed by atoms with Crippen LogP contribution in [0.25, 0.3) is 11.0 Å². The van der Waals surface area contributed by atoms with Crippen molar-refractivity contribution in [3.8, 4) is 6.01 Å². The van der Waals surface area contributed by atoms with Crippen molar-refractivity contribution in [2.45, 2.75) is 20.4 Å². The van der Waals surface area contributed by atoms with E-state index in [-0.39, 0.29) is 0 Å². The molecule has 0 amide bonds. The Kier molecular flexibility index (Phi) is 4.66. The summed E-state index contributed by atoms with van der Waals surface area (Å²) in [4.78, 5) is 17.4. The fourth-order valence-corrected chi connectivity index (χ4v) is 2.63. The van der Waals surface area contributed by atoms with Crippen LogP contribution in [0, 0.1) is 6.92 Å². The lowest BCUT2D eigenvalue weighted by molar-refractivity contribution is 0.314. The predicted octanol–water partition coefficient (Wildman–Crippen LogP) is 3.50. The third-order valence-electron chi connectivity index (χ3n) is 3.15. The van der Waals surface area contributed by atoms with Gasteiger partial charge in [-0.3, -0.25) is 0 Å². The average Bonchev–Trinajstić information content (AvgIpc) is 2.53. The molecule has 0 aliphatic carbocycles. The van der Waals surface area contributed by atoms with Gasteiger partial charge in [0.1, 0.15) is 16.9 Å². The van der Waals surface area contributed by atoms with E-state index in [0.29, 0.717) is 41.8 Å². The summed E-state index contributed by atoms with van der Waals surface area (Å²) in [5.74, 6) is 1.35. The lowest BCUT2D eigenvalue weighted by Crippen LogP contribution is -2.06. The van der Waals surface area contributed by atoms with Crippen molar-refractivity contribution in [3.05, 3.63) is 46.3 Å². The molecule has 3 aromatic rings. The van der Waals surface area contributed by atoms with Crippen LogP contribution in [0.2, 0.25) is 0 Å². The highest BCUT2D eigenvalue weighted by molar-refractivity contribution is 9.10. The van der Waals surface area contributed by atoms with E-state index in [1.54, 1.807) is 6.20 Å². The number of aryl methyl sites for hydroxylation is 1. The molecular formula is C16H16BrN5O. The van der Waals surface area contributed by atoms with Gasteiger partial charge in [0.2, 0.25) is 0 Å². The van der Waals surface area contributed by atoms with E-state index in [9.17, 15) is 0 Å². The summed E-state index contributed by atoms with van der Waals surface area (Å²) in [5.41, 5.74) is 2.49. The lowest BCUT2D eigenvalue weighted by Gasteiger charge is -2.10. The van der Waals surface area contributed by atoms with Crippen LogP contribution in [0.15, 0.2) is 34.9 Å². The minimum absolute atomic E-state index is 0.331. The number of hydrogen-bond acceptors (Lipinski definition) is 6. The molecule has 3 rings (SSSR count). The summed E-state index contributed by atoms with van der Waals surface area (Å²) in [6.07, 6.45) is 1.66. The van der Waals surface area contributed by atoms with Crippen molar-refractivity contribution in [1.29, 1.82) is 0 Å². The summed E-state index contributed by atoms with van der Waals surface area (Å²) in [6.45, 7) is 4.89. The van der Waals surface area contributed by atoms with Crippen molar-refractivity contribution in [1.82, 2.24) is 19.9 Å². The molecule has 0 aliphatic heterocycles. The molecule has 0 aliphatic rings. The van der Waals surface area contributed by atoms with Gasteiger partial charge in [-0.1, -0.05) is 28.1 Å². The second-order valence-electron chi connectivity index (χ2n) is 4.92. The predicted molar refractivity (Wildman–Crippen MR) is 92.5 cm³/mol. The summed E-state index contributed by atoms with van der Waals surface area (Å²) >= 11 is 3.48. The van der Waals surface area contributed by atoms with Crippen molar-refractivity contribution >= 4 is 32.8 Å². The third-order valence-corrected chi connectivity index (χ3v) is 3.64. The minimum atomic E-state index is 0.331. The fraction of sp³-hybridized carbons (Fsp3) is 0.250. The van der Waals surface area contributed by atoms with Gasteiger partial charge in [0, 0.05) is 11.0 Å². The zero-order chi connectivity index (χ0) is 16.2. The highest BCUT2D eigenvalue weighted by atomic mass is 79.9. The van der Waals surface area contributed by atoms with Crippen molar-refractivity contribution in [2.24, 2.45) is 0 Å². The van der Waals surface area contributed by atoms with Gasteiger partial charge in [0.15, 0.2) is 5.82 Å². The molecule has 0 radical (unpaired) electrons. The van der Waals surface area contributed by atoms with Crippen LogP contribution in [0.4, 0.5) is 5.82 Å². The number of fused-ring (bicyclic) bond motifs is 1. The molecule has 0 spiro atoms. The van der Waals surface area contributed by atoms with Gasteiger partial charge in [0.25, 0.3) is 0 Å². The Labute approximate surface area is 142 Å². The fourth-order valence-electron chi connectivity index (χ4n) is 2.18. The molecule has 2 aromatic heterocycles. The molecule has 1 N–H and O–H groups in total. The lowest BCUT2D eigenvalue weighted by atomic mass is 10.2. The first-order valence-electron chi connectivity index (χ1n) is 7.28. The van der Waals surface area contributed by atoms with E-state index in [0.717, 1.165) is 10.0 Å². The highest BCUT2D eigenvalue weighted by Gasteiger charge is 2.10. The van der Waals surface area contributed by atoms with Crippen LogP contribution in [-0.4, -0.2) is 26.5 Å². The van der Waals surface area contributed by atoms with Crippen LogP contribution in [0.3, 0.4) is 0 Å². The van der Waals surface area contributed by atoms with Crippen molar-refractivity contribution in [3.63, 3.8) is 0 Å². The van der Waals surface area contributed by atoms with Crippen molar-refractivity contribution in [2.75, 3.05) is 11.9 Å². The van der Waals surface area contributed by atoms with Gasteiger partial charge in [0.05, 0.1) is 12.8 Å². The van der Waals surface area contributed by atoms with Crippen LogP contribution >= 0.6 is 15.9 Å². The van der Waals surface area contributed by atoms with E-state index in [2.05, 4.69) is 53.3 Å². The standard InChI is InChI=1S/C16H16BrN5O/c1-3-23-16-19-9-13-14(22-16)15(21-10(2)20-13)18-8-11-5-4-6-12(17)7-11/h4-7,9H,3,8H2,1-2H3,(H,18,20,21). The van der Waals surface area contributed by atoms with Gasteiger partial charge < -0.3 is 10.1 Å². The number of benzene rings is 1. The number of rotatable bonds is 5. The maximum Gasteiger partial charge on any atom is 0.317 e. The van der Waals surface area contributed by atoms with Crippen LogP contribution < -0.4 is 10.1 Å². The largest absolute Gasteiger partial charge is 0.464 e. The SMILES string of the molecule is CCOc1ncc2nc(C)nc(NCc3cccc(Br)c3)c2n1. The molecule has 0 unspecified atom stereocenters. The van der Waals surface area contributed by atoms with Gasteiger partial charge in [-0.05, 0) is 31.5 Å². The molecule has 0 fully saturated rings. The Balaban J connectivity index is 1.93. The smallest absolute Gasteiger partial charge is 0.317 e. The molecule has 0 atom stereocenters. The van der Waals surface area contributed by atoms with E-state index >= 15 is 0 Å². The topological polar surface area (TPSA) is 72.8 Å². The van der Waals surface area contributed by atoms with E-state index in [4.69, 9.17) is 4.74 Å². The number of halogens is 1. The van der Waals surface area contributed by atoms with Crippen LogP contribution in [-0.2, 0) is 6.54 Å². The Morgan fingerprint density at radius 3 is 2.87 bits per heavy atom.